The van der Waals surface area contributed by atoms with Gasteiger partial charge in [0.25, 0.3) is 5.91 Å². The highest BCUT2D eigenvalue weighted by molar-refractivity contribution is 7.09. The van der Waals surface area contributed by atoms with Gasteiger partial charge in [0, 0.05) is 48.7 Å². The molecule has 0 saturated carbocycles. The number of aromatic nitrogens is 4. The van der Waals surface area contributed by atoms with Gasteiger partial charge in [0.2, 0.25) is 5.95 Å². The van der Waals surface area contributed by atoms with Crippen LogP contribution in [0.5, 0.6) is 0 Å². The molecule has 8 heteroatoms. The van der Waals surface area contributed by atoms with E-state index in [9.17, 15) is 4.79 Å². The Morgan fingerprint density at radius 2 is 2.23 bits per heavy atom. The van der Waals surface area contributed by atoms with Crippen molar-refractivity contribution in [1.82, 2.24) is 25.3 Å². The number of pyridine rings is 1. The van der Waals surface area contributed by atoms with Gasteiger partial charge in [-0.25, -0.2) is 15.0 Å². The molecule has 0 radical (unpaired) electrons. The van der Waals surface area contributed by atoms with Gasteiger partial charge in [0.05, 0.1) is 10.7 Å². The lowest BCUT2D eigenvalue weighted by Gasteiger charge is -2.17. The summed E-state index contributed by atoms with van der Waals surface area (Å²) in [6.45, 7) is 3.38. The average molecular weight is 366 g/mol. The predicted molar refractivity (Wildman–Crippen MR) is 100 cm³/mol. The third-order valence-corrected chi connectivity index (χ3v) is 5.03. The molecule has 26 heavy (non-hydrogen) atoms. The number of amides is 1. The fourth-order valence-electron chi connectivity index (χ4n) is 2.96. The number of hydrogen-bond donors (Lipinski definition) is 1. The maximum absolute atomic E-state index is 12.3. The number of rotatable bonds is 4. The van der Waals surface area contributed by atoms with Crippen molar-refractivity contribution in [3.8, 4) is 11.3 Å². The number of nitrogens with one attached hydrogen (secondary N) is 1. The molecule has 7 nitrogen and oxygen atoms in total. The van der Waals surface area contributed by atoms with Crippen LogP contribution in [0.2, 0.25) is 0 Å². The number of anilines is 1. The quantitative estimate of drug-likeness (QED) is 0.763. The van der Waals surface area contributed by atoms with Crippen LogP contribution >= 0.6 is 11.3 Å². The number of hydrogen-bond acceptors (Lipinski definition) is 7. The summed E-state index contributed by atoms with van der Waals surface area (Å²) in [5.74, 6) is 0.554. The van der Waals surface area contributed by atoms with E-state index >= 15 is 0 Å². The molecule has 1 N–H and O–H groups in total. The summed E-state index contributed by atoms with van der Waals surface area (Å²) in [7, 11) is 0. The molecule has 0 aromatic carbocycles. The normalized spacial score (nSPS) is 16.7. The third-order valence-electron chi connectivity index (χ3n) is 4.26. The average Bonchev–Trinajstić information content (AvgIpc) is 3.32. The Hall–Kier alpha value is -2.87. The number of aryl methyl sites for hydroxylation is 1. The van der Waals surface area contributed by atoms with Crippen LogP contribution in [0.4, 0.5) is 5.95 Å². The highest BCUT2D eigenvalue weighted by Crippen LogP contribution is 2.21. The first kappa shape index (κ1) is 16.6. The van der Waals surface area contributed by atoms with Crippen LogP contribution in [0.1, 0.15) is 21.9 Å². The highest BCUT2D eigenvalue weighted by atomic mass is 32.1. The van der Waals surface area contributed by atoms with Crippen LogP contribution in [0.3, 0.4) is 0 Å². The molecule has 3 aromatic rings. The second-order valence-corrected chi connectivity index (χ2v) is 7.20. The van der Waals surface area contributed by atoms with Gasteiger partial charge in [-0.15, -0.1) is 11.3 Å². The zero-order valence-electron chi connectivity index (χ0n) is 14.3. The lowest BCUT2D eigenvalue weighted by molar-refractivity contribution is 0.0936. The Kier molecular flexibility index (Phi) is 4.57. The second-order valence-electron chi connectivity index (χ2n) is 6.14. The molecule has 1 unspecified atom stereocenters. The molecule has 0 spiro atoms. The molecule has 0 aliphatic carbocycles. The first-order chi connectivity index (χ1) is 12.7. The van der Waals surface area contributed by atoms with Gasteiger partial charge in [0.15, 0.2) is 0 Å². The molecule has 4 heterocycles. The summed E-state index contributed by atoms with van der Waals surface area (Å²) in [5, 5.41) is 5.73. The zero-order chi connectivity index (χ0) is 17.9. The fourth-order valence-corrected chi connectivity index (χ4v) is 3.56. The molecular formula is C18H18N6OS. The van der Waals surface area contributed by atoms with Crippen molar-refractivity contribution in [2.75, 3.05) is 18.0 Å². The Morgan fingerprint density at radius 3 is 3.00 bits per heavy atom. The van der Waals surface area contributed by atoms with E-state index in [1.165, 1.54) is 11.3 Å². The van der Waals surface area contributed by atoms with E-state index in [0.29, 0.717) is 18.2 Å². The summed E-state index contributed by atoms with van der Waals surface area (Å²) in [6, 6.07) is 5.80. The Labute approximate surface area is 155 Å². The molecular weight excluding hydrogens is 348 g/mol. The third kappa shape index (κ3) is 3.55. The Balaban J connectivity index is 1.43. The number of carbonyl (C=O) groups excluding carboxylic acids is 1. The summed E-state index contributed by atoms with van der Waals surface area (Å²) in [5.41, 5.74) is 2.29. The summed E-state index contributed by atoms with van der Waals surface area (Å²) < 4.78 is 0. The van der Waals surface area contributed by atoms with Crippen molar-refractivity contribution in [1.29, 1.82) is 0 Å². The first-order valence-electron chi connectivity index (χ1n) is 8.40. The van der Waals surface area contributed by atoms with E-state index in [1.54, 1.807) is 24.0 Å². The summed E-state index contributed by atoms with van der Waals surface area (Å²) in [6.07, 6.45) is 6.14. The van der Waals surface area contributed by atoms with Gasteiger partial charge >= 0.3 is 0 Å². The number of nitrogens with zero attached hydrogens (tertiary/aromatic N) is 5. The second kappa shape index (κ2) is 7.17. The molecule has 1 fully saturated rings. The number of thiazole rings is 1. The minimum absolute atomic E-state index is 0.0650. The van der Waals surface area contributed by atoms with Gasteiger partial charge in [-0.3, -0.25) is 9.78 Å². The number of carbonyl (C=O) groups is 1. The van der Waals surface area contributed by atoms with Crippen molar-refractivity contribution < 1.29 is 4.79 Å². The Morgan fingerprint density at radius 1 is 1.31 bits per heavy atom. The Bertz CT molecular complexity index is 913. The van der Waals surface area contributed by atoms with Crippen molar-refractivity contribution >= 4 is 23.2 Å². The molecule has 3 aromatic heterocycles. The molecule has 132 valence electrons. The van der Waals surface area contributed by atoms with Crippen LogP contribution in [-0.4, -0.2) is 45.0 Å². The zero-order valence-corrected chi connectivity index (χ0v) is 15.1. The van der Waals surface area contributed by atoms with Crippen LogP contribution in [0.15, 0.2) is 42.2 Å². The first-order valence-corrected chi connectivity index (χ1v) is 9.28. The molecule has 0 bridgehead atoms. The summed E-state index contributed by atoms with van der Waals surface area (Å²) in [4.78, 5) is 31.8. The lowest BCUT2D eigenvalue weighted by Crippen LogP contribution is -2.37. The van der Waals surface area contributed by atoms with Crippen LogP contribution < -0.4 is 10.2 Å². The maximum atomic E-state index is 12.3. The standard InChI is InChI=1S/C18H18N6OS/c1-12-21-16(11-26-12)17(25)22-14-5-8-24(10-14)18-20-7-4-15(23-18)13-3-2-6-19-9-13/h2-4,6-7,9,11,14H,5,8,10H2,1H3,(H,22,25). The van der Waals surface area contributed by atoms with E-state index < -0.39 is 0 Å². The van der Waals surface area contributed by atoms with E-state index in [4.69, 9.17) is 0 Å². The van der Waals surface area contributed by atoms with Crippen molar-refractivity contribution in [3.63, 3.8) is 0 Å². The largest absolute Gasteiger partial charge is 0.346 e. The van der Waals surface area contributed by atoms with Gasteiger partial charge in [-0.2, -0.15) is 0 Å². The monoisotopic (exact) mass is 366 g/mol. The van der Waals surface area contributed by atoms with Gasteiger partial charge in [0.1, 0.15) is 5.69 Å². The van der Waals surface area contributed by atoms with Crippen LogP contribution in [0.25, 0.3) is 11.3 Å². The lowest BCUT2D eigenvalue weighted by atomic mass is 10.2. The van der Waals surface area contributed by atoms with Crippen LogP contribution in [-0.2, 0) is 0 Å². The van der Waals surface area contributed by atoms with E-state index in [1.807, 2.05) is 25.1 Å². The van der Waals surface area contributed by atoms with Crippen molar-refractivity contribution in [2.24, 2.45) is 0 Å². The van der Waals surface area contributed by atoms with E-state index in [-0.39, 0.29) is 11.9 Å². The predicted octanol–water partition coefficient (Wildman–Crippen LogP) is 2.31. The van der Waals surface area contributed by atoms with E-state index in [0.717, 1.165) is 29.2 Å². The molecule has 1 aliphatic heterocycles. The van der Waals surface area contributed by atoms with Crippen molar-refractivity contribution in [3.05, 3.63) is 52.9 Å². The minimum atomic E-state index is -0.119. The SMILES string of the molecule is Cc1nc(C(=O)NC2CCN(c3nccc(-c4cccnc4)n3)C2)cs1. The molecule has 1 amide bonds. The van der Waals surface area contributed by atoms with Gasteiger partial charge < -0.3 is 10.2 Å². The molecule has 4 rings (SSSR count). The molecule has 1 aliphatic rings. The van der Waals surface area contributed by atoms with E-state index in [2.05, 4.69) is 30.2 Å². The van der Waals surface area contributed by atoms with Crippen molar-refractivity contribution in [2.45, 2.75) is 19.4 Å². The highest BCUT2D eigenvalue weighted by Gasteiger charge is 2.26. The van der Waals surface area contributed by atoms with Crippen LogP contribution in [0, 0.1) is 6.92 Å². The molecule has 1 atom stereocenters. The van der Waals surface area contributed by atoms with Gasteiger partial charge in [-0.1, -0.05) is 0 Å². The molecule has 1 saturated heterocycles. The smallest absolute Gasteiger partial charge is 0.271 e. The maximum Gasteiger partial charge on any atom is 0.271 e. The van der Waals surface area contributed by atoms with Gasteiger partial charge in [-0.05, 0) is 31.5 Å². The summed E-state index contributed by atoms with van der Waals surface area (Å²) >= 11 is 1.48. The topological polar surface area (TPSA) is 83.9 Å². The minimum Gasteiger partial charge on any atom is -0.346 e. The fraction of sp³-hybridized carbons (Fsp3) is 0.278.